The van der Waals surface area contributed by atoms with Crippen LogP contribution in [0.4, 0.5) is 0 Å². The Morgan fingerprint density at radius 2 is 1.53 bits per heavy atom. The molecule has 0 spiro atoms. The second-order valence-corrected chi connectivity index (χ2v) is 4.12. The predicted octanol–water partition coefficient (Wildman–Crippen LogP) is 3.05. The molecule has 0 unspecified atom stereocenters. The van der Waals surface area contributed by atoms with E-state index in [9.17, 15) is 15.3 Å². The number of phenols is 3. The zero-order valence-electron chi connectivity index (χ0n) is 8.89. The van der Waals surface area contributed by atoms with Crippen molar-refractivity contribution in [3.8, 4) is 17.2 Å². The fourth-order valence-corrected chi connectivity index (χ4v) is 1.80. The number of halogens is 1. The van der Waals surface area contributed by atoms with Crippen LogP contribution >= 0.6 is 11.6 Å². The lowest BCUT2D eigenvalue weighted by Crippen LogP contribution is -1.90. The van der Waals surface area contributed by atoms with Crippen molar-refractivity contribution in [3.05, 3.63) is 52.5 Å². The van der Waals surface area contributed by atoms with Crippen molar-refractivity contribution < 1.29 is 15.3 Å². The molecule has 0 aromatic heterocycles. The molecule has 0 fully saturated rings. The molecule has 3 nitrogen and oxygen atoms in total. The molecule has 2 aromatic rings. The first-order valence-corrected chi connectivity index (χ1v) is 5.43. The summed E-state index contributed by atoms with van der Waals surface area (Å²) in [6.45, 7) is 0. The van der Waals surface area contributed by atoms with Gasteiger partial charge in [0.2, 0.25) is 5.75 Å². The molecule has 2 rings (SSSR count). The molecule has 0 bridgehead atoms. The van der Waals surface area contributed by atoms with Gasteiger partial charge in [0.25, 0.3) is 0 Å². The van der Waals surface area contributed by atoms with E-state index in [1.54, 1.807) is 12.1 Å². The molecule has 88 valence electrons. The van der Waals surface area contributed by atoms with E-state index in [1.807, 2.05) is 18.2 Å². The minimum Gasteiger partial charge on any atom is -0.504 e. The highest BCUT2D eigenvalue weighted by molar-refractivity contribution is 6.31. The van der Waals surface area contributed by atoms with Crippen LogP contribution in [-0.2, 0) is 6.42 Å². The molecule has 0 heterocycles. The summed E-state index contributed by atoms with van der Waals surface area (Å²) in [6, 6.07) is 10.1. The second-order valence-electron chi connectivity index (χ2n) is 3.71. The number of rotatable bonds is 2. The average molecular weight is 251 g/mol. The van der Waals surface area contributed by atoms with Crippen LogP contribution in [0.3, 0.4) is 0 Å². The van der Waals surface area contributed by atoms with Crippen LogP contribution in [0.1, 0.15) is 11.1 Å². The average Bonchev–Trinajstić information content (AvgIpc) is 2.32. The van der Waals surface area contributed by atoms with E-state index in [4.69, 9.17) is 11.6 Å². The van der Waals surface area contributed by atoms with Gasteiger partial charge in [-0.2, -0.15) is 0 Å². The van der Waals surface area contributed by atoms with Crippen LogP contribution in [0.5, 0.6) is 17.2 Å². The van der Waals surface area contributed by atoms with Crippen molar-refractivity contribution in [1.29, 1.82) is 0 Å². The van der Waals surface area contributed by atoms with Gasteiger partial charge in [0.05, 0.1) is 0 Å². The van der Waals surface area contributed by atoms with Crippen LogP contribution in [0.25, 0.3) is 0 Å². The van der Waals surface area contributed by atoms with E-state index in [0.717, 1.165) is 5.56 Å². The van der Waals surface area contributed by atoms with Gasteiger partial charge in [-0.05, 0) is 17.7 Å². The summed E-state index contributed by atoms with van der Waals surface area (Å²) in [5.41, 5.74) is 1.35. The molecule has 3 N–H and O–H groups in total. The van der Waals surface area contributed by atoms with E-state index >= 15 is 0 Å². The lowest BCUT2D eigenvalue weighted by atomic mass is 10.0. The first kappa shape index (κ1) is 11.6. The number of aromatic hydroxyl groups is 3. The molecule has 0 atom stereocenters. The Kier molecular flexibility index (Phi) is 3.11. The number of phenolic OH excluding ortho intramolecular Hbond substituents is 3. The predicted molar refractivity (Wildman–Crippen MR) is 65.7 cm³/mol. The normalized spacial score (nSPS) is 10.4. The summed E-state index contributed by atoms with van der Waals surface area (Å²) >= 11 is 6.00. The molecule has 2 aromatic carbocycles. The zero-order valence-corrected chi connectivity index (χ0v) is 9.65. The Morgan fingerprint density at radius 3 is 2.24 bits per heavy atom. The third-order valence-electron chi connectivity index (χ3n) is 2.55. The topological polar surface area (TPSA) is 60.7 Å². The van der Waals surface area contributed by atoms with E-state index in [1.165, 1.54) is 6.07 Å². The molecule has 0 radical (unpaired) electrons. The Labute approximate surface area is 104 Å². The van der Waals surface area contributed by atoms with E-state index in [0.29, 0.717) is 17.0 Å². The van der Waals surface area contributed by atoms with Gasteiger partial charge in [-0.15, -0.1) is 0 Å². The Balaban J connectivity index is 2.38. The number of hydrogen-bond donors (Lipinski definition) is 3. The number of hydrogen-bond acceptors (Lipinski definition) is 3. The quantitative estimate of drug-likeness (QED) is 0.718. The largest absolute Gasteiger partial charge is 0.504 e. The lowest BCUT2D eigenvalue weighted by molar-refractivity contribution is 0.365. The highest BCUT2D eigenvalue weighted by atomic mass is 35.5. The maximum Gasteiger partial charge on any atom is 0.200 e. The van der Waals surface area contributed by atoms with Crippen LogP contribution in [-0.4, -0.2) is 15.3 Å². The summed E-state index contributed by atoms with van der Waals surface area (Å²) in [4.78, 5) is 0. The van der Waals surface area contributed by atoms with Crippen LogP contribution in [0.15, 0.2) is 36.4 Å². The van der Waals surface area contributed by atoms with E-state index in [2.05, 4.69) is 0 Å². The minimum absolute atomic E-state index is 0.315. The molecule has 0 amide bonds. The second kappa shape index (κ2) is 4.55. The molecule has 17 heavy (non-hydrogen) atoms. The molecule has 0 saturated carbocycles. The highest BCUT2D eigenvalue weighted by Crippen LogP contribution is 2.38. The van der Waals surface area contributed by atoms with Crippen LogP contribution in [0, 0.1) is 0 Å². The standard InChI is InChI=1S/C13H11ClO3/c14-10-4-2-1-3-8(10)7-9-5-6-11(15)13(17)12(9)16/h1-6,15-17H,7H2. The lowest BCUT2D eigenvalue weighted by Gasteiger charge is -2.08. The van der Waals surface area contributed by atoms with Gasteiger partial charge in [0.1, 0.15) is 0 Å². The summed E-state index contributed by atoms with van der Waals surface area (Å²) in [5, 5.41) is 28.9. The molecular formula is C13H11ClO3. The molecule has 0 aliphatic rings. The van der Waals surface area contributed by atoms with Gasteiger partial charge < -0.3 is 15.3 Å². The van der Waals surface area contributed by atoms with Gasteiger partial charge in [0, 0.05) is 17.0 Å². The monoisotopic (exact) mass is 250 g/mol. The Bertz CT molecular complexity index is 552. The fraction of sp³-hybridized carbons (Fsp3) is 0.0769. The Morgan fingerprint density at radius 1 is 0.824 bits per heavy atom. The van der Waals surface area contributed by atoms with E-state index < -0.39 is 5.75 Å². The van der Waals surface area contributed by atoms with Gasteiger partial charge in [-0.25, -0.2) is 0 Å². The molecule has 0 saturated heterocycles. The van der Waals surface area contributed by atoms with Gasteiger partial charge in [-0.3, -0.25) is 0 Å². The SMILES string of the molecule is Oc1ccc(Cc2ccccc2Cl)c(O)c1O. The molecule has 0 aliphatic carbocycles. The van der Waals surface area contributed by atoms with E-state index in [-0.39, 0.29) is 11.5 Å². The fourth-order valence-electron chi connectivity index (χ4n) is 1.60. The van der Waals surface area contributed by atoms with Crippen molar-refractivity contribution in [2.45, 2.75) is 6.42 Å². The summed E-state index contributed by atoms with van der Waals surface area (Å²) < 4.78 is 0. The summed E-state index contributed by atoms with van der Waals surface area (Å²) in [6.07, 6.45) is 0.388. The third kappa shape index (κ3) is 2.29. The van der Waals surface area contributed by atoms with Crippen molar-refractivity contribution in [1.82, 2.24) is 0 Å². The van der Waals surface area contributed by atoms with Crippen molar-refractivity contribution in [2.24, 2.45) is 0 Å². The maximum atomic E-state index is 9.68. The van der Waals surface area contributed by atoms with Crippen molar-refractivity contribution in [3.63, 3.8) is 0 Å². The first-order valence-electron chi connectivity index (χ1n) is 5.05. The smallest absolute Gasteiger partial charge is 0.200 e. The van der Waals surface area contributed by atoms with Crippen molar-refractivity contribution >= 4 is 11.6 Å². The van der Waals surface area contributed by atoms with Gasteiger partial charge >= 0.3 is 0 Å². The minimum atomic E-state index is -0.505. The van der Waals surface area contributed by atoms with Crippen molar-refractivity contribution in [2.75, 3.05) is 0 Å². The number of benzene rings is 2. The van der Waals surface area contributed by atoms with Gasteiger partial charge in [0.15, 0.2) is 11.5 Å². The van der Waals surface area contributed by atoms with Crippen LogP contribution in [0.2, 0.25) is 5.02 Å². The first-order chi connectivity index (χ1) is 8.09. The molecule has 0 aliphatic heterocycles. The molecular weight excluding hydrogens is 240 g/mol. The third-order valence-corrected chi connectivity index (χ3v) is 2.92. The van der Waals surface area contributed by atoms with Gasteiger partial charge in [-0.1, -0.05) is 35.9 Å². The summed E-state index contributed by atoms with van der Waals surface area (Å²) in [7, 11) is 0. The van der Waals surface area contributed by atoms with Crippen LogP contribution < -0.4 is 0 Å². The highest BCUT2D eigenvalue weighted by Gasteiger charge is 2.12. The molecule has 4 heteroatoms. The Hall–Kier alpha value is -1.87. The maximum absolute atomic E-state index is 9.68. The summed E-state index contributed by atoms with van der Waals surface area (Å²) in [5.74, 6) is -1.16. The zero-order chi connectivity index (χ0) is 12.4.